The lowest BCUT2D eigenvalue weighted by Gasteiger charge is -2.26. The second-order valence-electron chi connectivity index (χ2n) is 9.16. The maximum atomic E-state index is 13.0. The fourth-order valence-corrected chi connectivity index (χ4v) is 3.97. The molecule has 1 saturated heterocycles. The summed E-state index contributed by atoms with van der Waals surface area (Å²) in [5.74, 6) is -0.860. The SMILES string of the molecule is CN(C)c1ncc(-c2ccc(CC(=O)c3ccc(OC(F)(F)F)c(NC(=O)CN4CCOCC4)c3)cc2)cn1. The minimum atomic E-state index is -4.96. The predicted octanol–water partition coefficient (Wildman–Crippen LogP) is 3.80. The summed E-state index contributed by atoms with van der Waals surface area (Å²) in [6, 6.07) is 10.8. The number of carbonyl (C=O) groups excluding carboxylic acids is 2. The second-order valence-corrected chi connectivity index (χ2v) is 9.16. The molecule has 1 N–H and O–H groups in total. The summed E-state index contributed by atoms with van der Waals surface area (Å²) in [5, 5.41) is 2.46. The van der Waals surface area contributed by atoms with Crippen molar-refractivity contribution in [1.29, 1.82) is 0 Å². The highest BCUT2D eigenvalue weighted by Gasteiger charge is 2.32. The molecule has 1 fully saturated rings. The van der Waals surface area contributed by atoms with E-state index >= 15 is 0 Å². The number of morpholine rings is 1. The maximum Gasteiger partial charge on any atom is 0.573 e. The van der Waals surface area contributed by atoms with E-state index in [1.165, 1.54) is 12.1 Å². The maximum absolute atomic E-state index is 13.0. The van der Waals surface area contributed by atoms with Crippen LogP contribution in [0.5, 0.6) is 5.75 Å². The number of alkyl halides is 3. The first kappa shape index (κ1) is 28.0. The molecule has 1 aliphatic heterocycles. The highest BCUT2D eigenvalue weighted by Crippen LogP contribution is 2.32. The van der Waals surface area contributed by atoms with E-state index in [1.807, 2.05) is 31.1 Å². The molecular weight excluding hydrogens is 515 g/mol. The number of aromatic nitrogens is 2. The molecule has 12 heteroatoms. The predicted molar refractivity (Wildman–Crippen MR) is 139 cm³/mol. The van der Waals surface area contributed by atoms with Gasteiger partial charge in [-0.1, -0.05) is 24.3 Å². The standard InChI is InChI=1S/C27H28F3N5O4/c1-34(2)26-31-15-21(16-32-26)19-5-3-18(4-6-19)13-23(36)20-7-8-24(39-27(28,29)30)22(14-20)33-25(37)17-35-9-11-38-12-10-35/h3-8,14-16H,9-13,17H2,1-2H3,(H,33,37). The van der Waals surface area contributed by atoms with Gasteiger partial charge in [0.05, 0.1) is 25.4 Å². The molecule has 206 valence electrons. The van der Waals surface area contributed by atoms with Gasteiger partial charge in [-0.3, -0.25) is 14.5 Å². The van der Waals surface area contributed by atoms with Crippen molar-refractivity contribution in [1.82, 2.24) is 14.9 Å². The Balaban J connectivity index is 1.46. The number of anilines is 2. The van der Waals surface area contributed by atoms with Crippen LogP contribution in [-0.4, -0.2) is 79.9 Å². The lowest BCUT2D eigenvalue weighted by atomic mass is 10.00. The first-order valence-electron chi connectivity index (χ1n) is 12.2. The third kappa shape index (κ3) is 7.98. The Bertz CT molecular complexity index is 1290. The topological polar surface area (TPSA) is 96.9 Å². The Morgan fingerprint density at radius 1 is 1.03 bits per heavy atom. The Kier molecular flexibility index (Phi) is 8.77. The summed E-state index contributed by atoms with van der Waals surface area (Å²) in [6.45, 7) is 1.98. The van der Waals surface area contributed by atoms with E-state index in [9.17, 15) is 22.8 Å². The first-order chi connectivity index (χ1) is 18.6. The summed E-state index contributed by atoms with van der Waals surface area (Å²) >= 11 is 0. The van der Waals surface area contributed by atoms with Crippen LogP contribution in [0.25, 0.3) is 11.1 Å². The minimum Gasteiger partial charge on any atom is -0.404 e. The number of rotatable bonds is 9. The van der Waals surface area contributed by atoms with Gasteiger partial charge in [0, 0.05) is 57.1 Å². The zero-order chi connectivity index (χ0) is 28.0. The monoisotopic (exact) mass is 543 g/mol. The van der Waals surface area contributed by atoms with Gasteiger partial charge in [-0.2, -0.15) is 0 Å². The van der Waals surface area contributed by atoms with Gasteiger partial charge < -0.3 is 19.7 Å². The number of ketones is 1. The number of hydrogen-bond donors (Lipinski definition) is 1. The molecule has 0 radical (unpaired) electrons. The third-order valence-corrected chi connectivity index (χ3v) is 5.96. The zero-order valence-corrected chi connectivity index (χ0v) is 21.5. The van der Waals surface area contributed by atoms with Crippen molar-refractivity contribution in [3.63, 3.8) is 0 Å². The largest absolute Gasteiger partial charge is 0.573 e. The molecule has 0 aliphatic carbocycles. The average molecular weight is 544 g/mol. The van der Waals surface area contributed by atoms with E-state index in [2.05, 4.69) is 20.0 Å². The summed E-state index contributed by atoms with van der Waals surface area (Å²) in [4.78, 5) is 37.8. The van der Waals surface area contributed by atoms with Crippen LogP contribution in [0.15, 0.2) is 54.9 Å². The first-order valence-corrected chi connectivity index (χ1v) is 12.2. The third-order valence-electron chi connectivity index (χ3n) is 5.96. The Labute approximate surface area is 223 Å². The van der Waals surface area contributed by atoms with E-state index < -0.39 is 18.0 Å². The summed E-state index contributed by atoms with van der Waals surface area (Å²) in [5.41, 5.74) is 2.31. The van der Waals surface area contributed by atoms with Crippen LogP contribution in [0.2, 0.25) is 0 Å². The van der Waals surface area contributed by atoms with E-state index in [0.29, 0.717) is 37.8 Å². The quantitative estimate of drug-likeness (QED) is 0.407. The zero-order valence-electron chi connectivity index (χ0n) is 21.5. The average Bonchev–Trinajstić information content (AvgIpc) is 2.90. The summed E-state index contributed by atoms with van der Waals surface area (Å²) in [6.07, 6.45) is -1.53. The van der Waals surface area contributed by atoms with E-state index in [1.54, 1.807) is 29.4 Å². The van der Waals surface area contributed by atoms with Crippen molar-refractivity contribution >= 4 is 23.3 Å². The lowest BCUT2D eigenvalue weighted by molar-refractivity contribution is -0.274. The smallest absolute Gasteiger partial charge is 0.404 e. The fourth-order valence-electron chi connectivity index (χ4n) is 3.97. The van der Waals surface area contributed by atoms with Gasteiger partial charge in [-0.25, -0.2) is 9.97 Å². The highest BCUT2D eigenvalue weighted by molar-refractivity contribution is 6.00. The van der Waals surface area contributed by atoms with E-state index in [0.717, 1.165) is 17.2 Å². The Morgan fingerprint density at radius 2 is 1.69 bits per heavy atom. The van der Waals surface area contributed by atoms with Gasteiger partial charge in [0.2, 0.25) is 11.9 Å². The second kappa shape index (κ2) is 12.2. The van der Waals surface area contributed by atoms with Crippen molar-refractivity contribution in [2.45, 2.75) is 12.8 Å². The summed E-state index contributed by atoms with van der Waals surface area (Å²) in [7, 11) is 3.69. The van der Waals surface area contributed by atoms with Crippen LogP contribution in [0.1, 0.15) is 15.9 Å². The van der Waals surface area contributed by atoms with Crippen molar-refractivity contribution < 1.29 is 32.2 Å². The molecule has 1 amide bonds. The number of halogens is 3. The molecule has 0 atom stereocenters. The minimum absolute atomic E-state index is 0.0109. The van der Waals surface area contributed by atoms with Crippen LogP contribution in [0.3, 0.4) is 0 Å². The van der Waals surface area contributed by atoms with E-state index in [-0.39, 0.29) is 30.0 Å². The molecule has 39 heavy (non-hydrogen) atoms. The van der Waals surface area contributed by atoms with Gasteiger partial charge >= 0.3 is 6.36 Å². The summed E-state index contributed by atoms with van der Waals surface area (Å²) < 4.78 is 48.2. The molecule has 9 nitrogen and oxygen atoms in total. The number of benzene rings is 2. The van der Waals surface area contributed by atoms with Crippen LogP contribution >= 0.6 is 0 Å². The molecule has 2 aromatic carbocycles. The Hall–Kier alpha value is -4.03. The molecule has 4 rings (SSSR count). The molecule has 3 aromatic rings. The van der Waals surface area contributed by atoms with Crippen LogP contribution in [0.4, 0.5) is 24.8 Å². The number of Topliss-reactive ketones (excluding diaryl/α,β-unsaturated/α-hetero) is 1. The number of hydrogen-bond acceptors (Lipinski definition) is 8. The lowest BCUT2D eigenvalue weighted by Crippen LogP contribution is -2.41. The van der Waals surface area contributed by atoms with Crippen molar-refractivity contribution in [2.75, 3.05) is 57.2 Å². The molecule has 1 aromatic heterocycles. The van der Waals surface area contributed by atoms with Crippen molar-refractivity contribution in [2.24, 2.45) is 0 Å². The number of nitrogens with zero attached hydrogens (tertiary/aromatic N) is 4. The molecule has 1 aliphatic rings. The van der Waals surface area contributed by atoms with Crippen LogP contribution in [-0.2, 0) is 16.0 Å². The number of amides is 1. The molecular formula is C27H28F3N5O4. The van der Waals surface area contributed by atoms with Gasteiger partial charge in [-0.05, 0) is 29.3 Å². The van der Waals surface area contributed by atoms with Crippen molar-refractivity contribution in [3.05, 3.63) is 66.0 Å². The van der Waals surface area contributed by atoms with Gasteiger partial charge in [0.25, 0.3) is 0 Å². The number of ether oxygens (including phenoxy) is 2. The van der Waals surface area contributed by atoms with Crippen LogP contribution < -0.4 is 15.0 Å². The number of carbonyl (C=O) groups is 2. The molecule has 2 heterocycles. The molecule has 0 spiro atoms. The van der Waals surface area contributed by atoms with Crippen molar-refractivity contribution in [3.8, 4) is 16.9 Å². The van der Waals surface area contributed by atoms with Crippen LogP contribution in [0, 0.1) is 0 Å². The highest BCUT2D eigenvalue weighted by atomic mass is 19.4. The molecule has 0 unspecified atom stereocenters. The van der Waals surface area contributed by atoms with Gasteiger partial charge in [-0.15, -0.1) is 13.2 Å². The Morgan fingerprint density at radius 3 is 2.31 bits per heavy atom. The van der Waals surface area contributed by atoms with Gasteiger partial charge in [0.15, 0.2) is 11.5 Å². The number of nitrogens with one attached hydrogen (secondary N) is 1. The van der Waals surface area contributed by atoms with E-state index in [4.69, 9.17) is 4.74 Å². The molecule has 0 bridgehead atoms. The normalized spacial score (nSPS) is 14.1. The van der Waals surface area contributed by atoms with Gasteiger partial charge in [0.1, 0.15) is 0 Å². The molecule has 0 saturated carbocycles. The fraction of sp³-hybridized carbons (Fsp3) is 0.333.